The molecule has 6 nitrogen and oxygen atoms in total. The molecule has 2 fully saturated rings. The number of hydrogen-bond donors (Lipinski definition) is 2. The maximum absolute atomic E-state index is 12.8. The molecule has 0 bridgehead atoms. The lowest BCUT2D eigenvalue weighted by atomic mass is 9.90. The summed E-state index contributed by atoms with van der Waals surface area (Å²) < 4.78 is 0. The molecule has 3 rings (SSSR count). The van der Waals surface area contributed by atoms with E-state index < -0.39 is 11.6 Å². The van der Waals surface area contributed by atoms with Crippen LogP contribution in [0.15, 0.2) is 35.2 Å². The van der Waals surface area contributed by atoms with Crippen LogP contribution >= 0.6 is 11.8 Å². The Balaban J connectivity index is 1.46. The van der Waals surface area contributed by atoms with Crippen LogP contribution in [0.3, 0.4) is 0 Å². The molecule has 4 amide bonds. The predicted molar refractivity (Wildman–Crippen MR) is 101 cm³/mol. The Hall–Kier alpha value is -2.02. The minimum absolute atomic E-state index is 0.206. The molecule has 0 aromatic heterocycles. The Labute approximate surface area is 158 Å². The van der Waals surface area contributed by atoms with E-state index >= 15 is 0 Å². The molecule has 1 saturated carbocycles. The number of carbonyl (C=O) groups excluding carboxylic acids is 3. The van der Waals surface area contributed by atoms with Crippen LogP contribution in [0.2, 0.25) is 0 Å². The van der Waals surface area contributed by atoms with Gasteiger partial charge in [0.2, 0.25) is 5.91 Å². The zero-order valence-corrected chi connectivity index (χ0v) is 15.6. The monoisotopic (exact) mass is 375 g/mol. The summed E-state index contributed by atoms with van der Waals surface area (Å²) in [6.07, 6.45) is 5.38. The van der Waals surface area contributed by atoms with Gasteiger partial charge in [-0.2, -0.15) is 0 Å². The van der Waals surface area contributed by atoms with E-state index in [9.17, 15) is 14.4 Å². The first-order chi connectivity index (χ1) is 12.6. The van der Waals surface area contributed by atoms with E-state index in [-0.39, 0.29) is 18.4 Å². The molecule has 0 radical (unpaired) electrons. The average Bonchev–Trinajstić information content (AvgIpc) is 2.82. The number of imide groups is 1. The molecule has 1 aromatic rings. The third-order valence-corrected chi connectivity index (χ3v) is 5.95. The molecule has 1 saturated heterocycles. The average molecular weight is 375 g/mol. The highest BCUT2D eigenvalue weighted by Gasteiger charge is 2.50. The highest BCUT2D eigenvalue weighted by Crippen LogP contribution is 2.32. The van der Waals surface area contributed by atoms with Crippen LogP contribution in [0.1, 0.15) is 38.5 Å². The van der Waals surface area contributed by atoms with Crippen molar-refractivity contribution >= 4 is 29.6 Å². The van der Waals surface area contributed by atoms with Crippen molar-refractivity contribution in [1.82, 2.24) is 15.5 Å². The number of nitrogens with one attached hydrogen (secondary N) is 2. The normalized spacial score (nSPS) is 19.3. The summed E-state index contributed by atoms with van der Waals surface area (Å²) in [4.78, 5) is 39.4. The van der Waals surface area contributed by atoms with E-state index in [2.05, 4.69) is 10.6 Å². The first-order valence-corrected chi connectivity index (χ1v) is 10.2. The van der Waals surface area contributed by atoms with Gasteiger partial charge in [-0.25, -0.2) is 4.79 Å². The fraction of sp³-hybridized carbons (Fsp3) is 0.526. The van der Waals surface area contributed by atoms with Gasteiger partial charge in [-0.05, 0) is 25.0 Å². The molecule has 1 aliphatic heterocycles. The van der Waals surface area contributed by atoms with Crippen LogP contribution in [0.25, 0.3) is 0 Å². The van der Waals surface area contributed by atoms with E-state index in [1.165, 1.54) is 0 Å². The summed E-state index contributed by atoms with van der Waals surface area (Å²) in [5.41, 5.74) is -0.781. The lowest BCUT2D eigenvalue weighted by molar-refractivity contribution is -0.135. The maximum Gasteiger partial charge on any atom is 0.325 e. The topological polar surface area (TPSA) is 78.5 Å². The molecule has 1 aliphatic carbocycles. The van der Waals surface area contributed by atoms with Gasteiger partial charge in [0.05, 0.1) is 0 Å². The maximum atomic E-state index is 12.8. The van der Waals surface area contributed by atoms with Gasteiger partial charge in [-0.3, -0.25) is 14.5 Å². The largest absolute Gasteiger partial charge is 0.354 e. The van der Waals surface area contributed by atoms with Gasteiger partial charge in [0, 0.05) is 17.2 Å². The van der Waals surface area contributed by atoms with Crippen molar-refractivity contribution in [2.45, 2.75) is 49.0 Å². The minimum Gasteiger partial charge on any atom is -0.354 e. The van der Waals surface area contributed by atoms with Crippen LogP contribution in [0.5, 0.6) is 0 Å². The lowest BCUT2D eigenvalue weighted by Crippen LogP contribution is -2.47. The number of benzene rings is 1. The summed E-state index contributed by atoms with van der Waals surface area (Å²) in [6.45, 7) is 0.287. The first-order valence-electron chi connectivity index (χ1n) is 9.19. The summed E-state index contributed by atoms with van der Waals surface area (Å²) in [5, 5.41) is 5.65. The molecule has 1 aromatic carbocycles. The summed E-state index contributed by atoms with van der Waals surface area (Å²) in [5.74, 6) is 0.200. The number of carbonyl (C=O) groups is 3. The molecule has 7 heteroatoms. The second kappa shape index (κ2) is 8.58. The van der Waals surface area contributed by atoms with Crippen molar-refractivity contribution in [2.24, 2.45) is 0 Å². The van der Waals surface area contributed by atoms with Crippen molar-refractivity contribution in [2.75, 3.05) is 18.8 Å². The fourth-order valence-corrected chi connectivity index (χ4v) is 4.36. The second-order valence-electron chi connectivity index (χ2n) is 6.83. The van der Waals surface area contributed by atoms with Crippen molar-refractivity contribution in [3.63, 3.8) is 0 Å². The van der Waals surface area contributed by atoms with E-state index in [1.54, 1.807) is 11.8 Å². The van der Waals surface area contributed by atoms with E-state index in [0.717, 1.165) is 41.2 Å². The molecule has 1 heterocycles. The van der Waals surface area contributed by atoms with Gasteiger partial charge in [0.25, 0.3) is 5.91 Å². The van der Waals surface area contributed by atoms with Crippen LogP contribution < -0.4 is 10.6 Å². The van der Waals surface area contributed by atoms with Gasteiger partial charge in [-0.1, -0.05) is 43.9 Å². The Morgan fingerprint density at radius 2 is 1.81 bits per heavy atom. The van der Waals surface area contributed by atoms with Gasteiger partial charge >= 0.3 is 6.03 Å². The Bertz CT molecular complexity index is 657. The number of thioether (sulfide) groups is 1. The summed E-state index contributed by atoms with van der Waals surface area (Å²) in [7, 11) is 0. The zero-order chi connectivity index (χ0) is 18.4. The third kappa shape index (κ3) is 4.38. The summed E-state index contributed by atoms with van der Waals surface area (Å²) >= 11 is 1.65. The SMILES string of the molecule is O=C(CN1C(=O)NC2(CCCCCC2)C1=O)NCCSc1ccccc1. The molecule has 140 valence electrons. The zero-order valence-electron chi connectivity index (χ0n) is 14.8. The quantitative estimate of drug-likeness (QED) is 0.455. The Kier molecular flexibility index (Phi) is 6.19. The summed E-state index contributed by atoms with van der Waals surface area (Å²) in [6, 6.07) is 9.51. The molecule has 2 N–H and O–H groups in total. The van der Waals surface area contributed by atoms with Gasteiger partial charge in [0.15, 0.2) is 0 Å². The first kappa shape index (κ1) is 18.8. The highest BCUT2D eigenvalue weighted by atomic mass is 32.2. The number of urea groups is 1. The standard InChI is InChI=1S/C19H25N3O3S/c23-16(20-12-13-26-15-8-4-3-5-9-15)14-22-17(24)19(21-18(22)25)10-6-1-2-7-11-19/h3-5,8-9H,1-2,6-7,10-14H2,(H,20,23)(H,21,25). The Morgan fingerprint density at radius 3 is 2.50 bits per heavy atom. The molecule has 2 aliphatic rings. The van der Waals surface area contributed by atoms with Crippen molar-refractivity contribution < 1.29 is 14.4 Å². The van der Waals surface area contributed by atoms with Gasteiger partial charge in [0.1, 0.15) is 12.1 Å². The minimum atomic E-state index is -0.781. The van der Waals surface area contributed by atoms with Crippen LogP contribution in [0.4, 0.5) is 4.79 Å². The van der Waals surface area contributed by atoms with Crippen LogP contribution in [0, 0.1) is 0 Å². The van der Waals surface area contributed by atoms with E-state index in [4.69, 9.17) is 0 Å². The smallest absolute Gasteiger partial charge is 0.325 e. The third-order valence-electron chi connectivity index (χ3n) is 4.94. The lowest BCUT2D eigenvalue weighted by Gasteiger charge is -2.24. The van der Waals surface area contributed by atoms with Gasteiger partial charge < -0.3 is 10.6 Å². The molecule has 0 unspecified atom stereocenters. The predicted octanol–water partition coefficient (Wildman–Crippen LogP) is 2.54. The molecule has 0 atom stereocenters. The second-order valence-corrected chi connectivity index (χ2v) is 8.00. The molecular formula is C19H25N3O3S. The number of hydrogen-bond acceptors (Lipinski definition) is 4. The van der Waals surface area contributed by atoms with Crippen LogP contribution in [-0.4, -0.2) is 47.1 Å². The fourth-order valence-electron chi connectivity index (χ4n) is 3.57. The van der Waals surface area contributed by atoms with Crippen molar-refractivity contribution in [3.8, 4) is 0 Å². The number of amides is 4. The van der Waals surface area contributed by atoms with Crippen LogP contribution in [-0.2, 0) is 9.59 Å². The van der Waals surface area contributed by atoms with Gasteiger partial charge in [-0.15, -0.1) is 11.8 Å². The van der Waals surface area contributed by atoms with Crippen molar-refractivity contribution in [1.29, 1.82) is 0 Å². The van der Waals surface area contributed by atoms with E-state index in [0.29, 0.717) is 19.4 Å². The highest BCUT2D eigenvalue weighted by molar-refractivity contribution is 7.99. The van der Waals surface area contributed by atoms with Crippen molar-refractivity contribution in [3.05, 3.63) is 30.3 Å². The number of rotatable bonds is 6. The number of nitrogens with zero attached hydrogens (tertiary/aromatic N) is 1. The molecular weight excluding hydrogens is 350 g/mol. The molecule has 26 heavy (non-hydrogen) atoms. The molecule has 1 spiro atoms. The Morgan fingerprint density at radius 1 is 1.12 bits per heavy atom. The van der Waals surface area contributed by atoms with E-state index in [1.807, 2.05) is 30.3 Å².